The molecular formula is C15H26ClNO. The number of carbonyl (C=O) groups excluding carboxylic acids is 1. The van der Waals surface area contributed by atoms with E-state index in [2.05, 4.69) is 32.6 Å². The van der Waals surface area contributed by atoms with Gasteiger partial charge in [0.25, 0.3) is 0 Å². The second-order valence-corrected chi connectivity index (χ2v) is 7.52. The number of hydrogen-bond donors (Lipinski definition) is 0. The van der Waals surface area contributed by atoms with Gasteiger partial charge in [0, 0.05) is 24.9 Å². The summed E-state index contributed by atoms with van der Waals surface area (Å²) in [5, 5.41) is 0. The number of alkyl halides is 1. The maximum Gasteiger partial charge on any atom is 0.226 e. The first kappa shape index (κ1) is 14.2. The first-order valence-electron chi connectivity index (χ1n) is 7.17. The van der Waals surface area contributed by atoms with Gasteiger partial charge in [0.1, 0.15) is 0 Å². The lowest BCUT2D eigenvalue weighted by Gasteiger charge is -2.33. The summed E-state index contributed by atoms with van der Waals surface area (Å²) in [6.45, 7) is 10.7. The molecule has 2 nitrogen and oxygen atoms in total. The highest BCUT2D eigenvalue weighted by atomic mass is 35.5. The third kappa shape index (κ3) is 2.17. The van der Waals surface area contributed by atoms with Crippen LogP contribution in [0.1, 0.15) is 47.0 Å². The van der Waals surface area contributed by atoms with Crippen molar-refractivity contribution in [2.75, 3.05) is 19.0 Å². The predicted octanol–water partition coefficient (Wildman–Crippen LogP) is 3.54. The lowest BCUT2D eigenvalue weighted by molar-refractivity contribution is -0.135. The lowest BCUT2D eigenvalue weighted by Crippen LogP contribution is -2.41. The number of piperidine rings is 1. The molecule has 0 aromatic heterocycles. The number of rotatable bonds is 3. The Kier molecular flexibility index (Phi) is 3.70. The minimum atomic E-state index is 0.156. The third-order valence-electron chi connectivity index (χ3n) is 5.62. The maximum atomic E-state index is 12.6. The smallest absolute Gasteiger partial charge is 0.226 e. The first-order chi connectivity index (χ1) is 8.32. The van der Waals surface area contributed by atoms with Crippen LogP contribution in [-0.2, 0) is 4.79 Å². The minimum absolute atomic E-state index is 0.156. The van der Waals surface area contributed by atoms with E-state index in [1.165, 1.54) is 6.42 Å². The Balaban J connectivity index is 1.98. The molecule has 2 rings (SSSR count). The van der Waals surface area contributed by atoms with Crippen LogP contribution in [0.4, 0.5) is 0 Å². The molecule has 2 aliphatic rings. The van der Waals surface area contributed by atoms with E-state index in [1.807, 2.05) is 0 Å². The van der Waals surface area contributed by atoms with Crippen LogP contribution in [0, 0.1) is 22.7 Å². The van der Waals surface area contributed by atoms with Gasteiger partial charge in [-0.25, -0.2) is 0 Å². The van der Waals surface area contributed by atoms with Crippen LogP contribution in [0.3, 0.4) is 0 Å². The van der Waals surface area contributed by atoms with Crippen molar-refractivity contribution in [1.82, 2.24) is 4.90 Å². The van der Waals surface area contributed by atoms with E-state index in [0.717, 1.165) is 25.9 Å². The molecular weight excluding hydrogens is 246 g/mol. The van der Waals surface area contributed by atoms with Crippen LogP contribution in [0.25, 0.3) is 0 Å². The molecule has 2 fully saturated rings. The van der Waals surface area contributed by atoms with Crippen LogP contribution < -0.4 is 0 Å². The Hall–Kier alpha value is -0.240. The Morgan fingerprint density at radius 2 is 1.89 bits per heavy atom. The van der Waals surface area contributed by atoms with Gasteiger partial charge in [-0.05, 0) is 36.0 Å². The molecule has 0 aromatic rings. The van der Waals surface area contributed by atoms with Crippen molar-refractivity contribution < 1.29 is 4.79 Å². The zero-order valence-corrected chi connectivity index (χ0v) is 12.9. The molecule has 1 aliphatic carbocycles. The molecule has 0 aromatic carbocycles. The van der Waals surface area contributed by atoms with Gasteiger partial charge in [0.15, 0.2) is 0 Å². The van der Waals surface area contributed by atoms with Gasteiger partial charge in [0.2, 0.25) is 5.91 Å². The monoisotopic (exact) mass is 271 g/mol. The molecule has 0 spiro atoms. The summed E-state index contributed by atoms with van der Waals surface area (Å²) in [5.74, 6) is 1.92. The third-order valence-corrected chi connectivity index (χ3v) is 5.83. The molecule has 0 bridgehead atoms. The summed E-state index contributed by atoms with van der Waals surface area (Å²) in [6, 6.07) is 0. The van der Waals surface area contributed by atoms with E-state index in [9.17, 15) is 4.79 Å². The second kappa shape index (κ2) is 4.70. The molecule has 0 N–H and O–H groups in total. The van der Waals surface area contributed by atoms with Gasteiger partial charge in [-0.15, -0.1) is 11.6 Å². The second-order valence-electron chi connectivity index (χ2n) is 7.15. The van der Waals surface area contributed by atoms with Gasteiger partial charge >= 0.3 is 0 Å². The summed E-state index contributed by atoms with van der Waals surface area (Å²) in [7, 11) is 0. The molecule has 1 saturated heterocycles. The molecule has 1 heterocycles. The highest BCUT2D eigenvalue weighted by Gasteiger charge is 2.68. The van der Waals surface area contributed by atoms with E-state index in [-0.39, 0.29) is 16.7 Å². The van der Waals surface area contributed by atoms with Crippen molar-refractivity contribution in [2.45, 2.75) is 47.0 Å². The molecule has 1 unspecified atom stereocenters. The normalized spacial score (nSPS) is 30.3. The molecule has 1 aliphatic heterocycles. The summed E-state index contributed by atoms with van der Waals surface area (Å²) in [6.07, 6.45) is 3.41. The fraction of sp³-hybridized carbons (Fsp3) is 0.933. The number of carbonyl (C=O) groups is 1. The van der Waals surface area contributed by atoms with Crippen LogP contribution in [0.2, 0.25) is 0 Å². The van der Waals surface area contributed by atoms with Crippen molar-refractivity contribution in [3.63, 3.8) is 0 Å². The molecule has 1 saturated carbocycles. The quantitative estimate of drug-likeness (QED) is 0.719. The number of hydrogen-bond acceptors (Lipinski definition) is 1. The molecule has 104 valence electrons. The van der Waals surface area contributed by atoms with Crippen LogP contribution in [0.15, 0.2) is 0 Å². The summed E-state index contributed by atoms with van der Waals surface area (Å²) >= 11 is 5.82. The van der Waals surface area contributed by atoms with Gasteiger partial charge < -0.3 is 4.90 Å². The number of likely N-dealkylation sites (tertiary alicyclic amines) is 1. The van der Waals surface area contributed by atoms with E-state index in [1.54, 1.807) is 0 Å². The minimum Gasteiger partial charge on any atom is -0.342 e. The average Bonchev–Trinajstić information content (AvgIpc) is 2.69. The first-order valence-corrected chi connectivity index (χ1v) is 7.70. The molecule has 1 amide bonds. The largest absolute Gasteiger partial charge is 0.342 e. The zero-order valence-electron chi connectivity index (χ0n) is 12.1. The van der Waals surface area contributed by atoms with Gasteiger partial charge in [-0.1, -0.05) is 27.7 Å². The van der Waals surface area contributed by atoms with E-state index in [0.29, 0.717) is 17.7 Å². The maximum absolute atomic E-state index is 12.6. The topological polar surface area (TPSA) is 20.3 Å². The highest BCUT2D eigenvalue weighted by Crippen LogP contribution is 2.68. The fourth-order valence-corrected chi connectivity index (χ4v) is 3.96. The summed E-state index contributed by atoms with van der Waals surface area (Å²) in [4.78, 5) is 14.7. The Labute approximate surface area is 116 Å². The van der Waals surface area contributed by atoms with Crippen LogP contribution >= 0.6 is 11.6 Å². The Bertz CT molecular complexity index is 321. The standard InChI is InChI=1S/C15H26ClNO/c1-14(2)12(15(14,3)4)13(18)17-9-5-6-11(10-17)7-8-16/h11-12H,5-10H2,1-4H3. The fourth-order valence-electron chi connectivity index (χ4n) is 3.65. The Morgan fingerprint density at radius 3 is 2.39 bits per heavy atom. The van der Waals surface area contributed by atoms with Crippen molar-refractivity contribution in [1.29, 1.82) is 0 Å². The van der Waals surface area contributed by atoms with Crippen molar-refractivity contribution >= 4 is 17.5 Å². The number of halogens is 1. The van der Waals surface area contributed by atoms with E-state index < -0.39 is 0 Å². The Morgan fingerprint density at radius 1 is 1.28 bits per heavy atom. The molecule has 18 heavy (non-hydrogen) atoms. The van der Waals surface area contributed by atoms with Crippen molar-refractivity contribution in [3.8, 4) is 0 Å². The van der Waals surface area contributed by atoms with Crippen molar-refractivity contribution in [3.05, 3.63) is 0 Å². The van der Waals surface area contributed by atoms with E-state index >= 15 is 0 Å². The molecule has 3 heteroatoms. The van der Waals surface area contributed by atoms with Gasteiger partial charge in [0.05, 0.1) is 0 Å². The average molecular weight is 272 g/mol. The summed E-state index contributed by atoms with van der Waals surface area (Å²) < 4.78 is 0. The SMILES string of the molecule is CC1(C)C(C(=O)N2CCCC(CCCl)C2)C1(C)C. The van der Waals surface area contributed by atoms with Gasteiger partial charge in [-0.3, -0.25) is 4.79 Å². The van der Waals surface area contributed by atoms with Crippen LogP contribution in [0.5, 0.6) is 0 Å². The van der Waals surface area contributed by atoms with Crippen LogP contribution in [-0.4, -0.2) is 29.8 Å². The van der Waals surface area contributed by atoms with E-state index in [4.69, 9.17) is 11.6 Å². The van der Waals surface area contributed by atoms with Gasteiger partial charge in [-0.2, -0.15) is 0 Å². The molecule has 0 radical (unpaired) electrons. The number of amides is 1. The lowest BCUT2D eigenvalue weighted by atomic mass is 9.95. The predicted molar refractivity (Wildman–Crippen MR) is 75.7 cm³/mol. The summed E-state index contributed by atoms with van der Waals surface area (Å²) in [5.41, 5.74) is 0.313. The highest BCUT2D eigenvalue weighted by molar-refractivity contribution is 6.17. The number of nitrogens with zero attached hydrogens (tertiary/aromatic N) is 1. The zero-order chi connectivity index (χ0) is 13.6. The van der Waals surface area contributed by atoms with Crippen molar-refractivity contribution in [2.24, 2.45) is 22.7 Å². The molecule has 1 atom stereocenters.